The van der Waals surface area contributed by atoms with Gasteiger partial charge in [0.2, 0.25) is 0 Å². The number of anilines is 1. The summed E-state index contributed by atoms with van der Waals surface area (Å²) >= 11 is 0. The van der Waals surface area contributed by atoms with E-state index in [1.165, 1.54) is 0 Å². The number of methoxy groups -OCH3 is 1. The number of pyridine rings is 1. The summed E-state index contributed by atoms with van der Waals surface area (Å²) in [4.78, 5) is 21.5. The number of rotatable bonds is 10. The van der Waals surface area contributed by atoms with E-state index < -0.39 is 0 Å². The van der Waals surface area contributed by atoms with Crippen molar-refractivity contribution >= 4 is 33.7 Å². The van der Waals surface area contributed by atoms with Crippen LogP contribution in [0.4, 0.5) is 5.82 Å². The number of aromatic nitrogens is 3. The predicted molar refractivity (Wildman–Crippen MR) is 128 cm³/mol. The van der Waals surface area contributed by atoms with E-state index in [-0.39, 0.29) is 5.91 Å². The summed E-state index contributed by atoms with van der Waals surface area (Å²) in [7, 11) is 1.70. The zero-order valence-corrected chi connectivity index (χ0v) is 18.4. The Labute approximate surface area is 187 Å². The van der Waals surface area contributed by atoms with Crippen molar-refractivity contribution in [3.63, 3.8) is 0 Å². The minimum Gasteiger partial charge on any atom is -0.384 e. The number of hydrogen-bond donors (Lipinski definition) is 2. The van der Waals surface area contributed by atoms with Crippen molar-refractivity contribution in [2.75, 3.05) is 26.0 Å². The zero-order chi connectivity index (χ0) is 22.3. The molecule has 4 aromatic rings. The Morgan fingerprint density at radius 3 is 2.62 bits per heavy atom. The van der Waals surface area contributed by atoms with Gasteiger partial charge >= 0.3 is 0 Å². The zero-order valence-electron chi connectivity index (χ0n) is 18.4. The molecule has 4 rings (SSSR count). The number of unbranched alkanes of at least 4 members (excludes halogenated alkanes) is 2. The quantitative estimate of drug-likeness (QED) is 0.371. The van der Waals surface area contributed by atoms with Gasteiger partial charge in [-0.1, -0.05) is 36.4 Å². The standard InChI is InChI=1S/C25H29N5O2/c1-32-17-14-21-29-22-23(19-12-6-7-13-20(19)28-24(22)26)30(21)16-9-3-8-15-27-25(31)18-10-4-2-5-11-18/h2,4-7,10-13H,3,8-9,14-17H2,1H3,(H2,26,28)(H,27,31). The van der Waals surface area contributed by atoms with Gasteiger partial charge in [0.05, 0.1) is 17.6 Å². The van der Waals surface area contributed by atoms with E-state index in [4.69, 9.17) is 15.5 Å². The second kappa shape index (κ2) is 10.2. The number of ether oxygens (including phenoxy) is 1. The van der Waals surface area contributed by atoms with Crippen LogP contribution in [0.5, 0.6) is 0 Å². The van der Waals surface area contributed by atoms with Crippen molar-refractivity contribution in [2.45, 2.75) is 32.2 Å². The van der Waals surface area contributed by atoms with Crippen molar-refractivity contribution in [1.82, 2.24) is 19.9 Å². The summed E-state index contributed by atoms with van der Waals surface area (Å²) in [5.74, 6) is 1.39. The van der Waals surface area contributed by atoms with Crippen LogP contribution in [-0.4, -0.2) is 40.7 Å². The molecule has 0 aliphatic rings. The Balaban J connectivity index is 1.44. The summed E-state index contributed by atoms with van der Waals surface area (Å²) in [6.45, 7) is 2.09. The molecule has 0 unspecified atom stereocenters. The maximum Gasteiger partial charge on any atom is 0.251 e. The van der Waals surface area contributed by atoms with Crippen molar-refractivity contribution in [3.05, 3.63) is 66.0 Å². The van der Waals surface area contributed by atoms with Gasteiger partial charge < -0.3 is 20.4 Å². The van der Waals surface area contributed by atoms with Gasteiger partial charge in [0, 0.05) is 37.6 Å². The third-order valence-corrected chi connectivity index (χ3v) is 5.60. The van der Waals surface area contributed by atoms with Gasteiger partial charge in [-0.15, -0.1) is 0 Å². The monoisotopic (exact) mass is 431 g/mol. The van der Waals surface area contributed by atoms with E-state index in [1.807, 2.05) is 48.5 Å². The van der Waals surface area contributed by atoms with E-state index in [0.717, 1.165) is 53.6 Å². The van der Waals surface area contributed by atoms with E-state index in [1.54, 1.807) is 7.11 Å². The van der Waals surface area contributed by atoms with Crippen LogP contribution in [0.3, 0.4) is 0 Å². The highest BCUT2D eigenvalue weighted by Gasteiger charge is 2.17. The highest BCUT2D eigenvalue weighted by Crippen LogP contribution is 2.29. The lowest BCUT2D eigenvalue weighted by atomic mass is 10.1. The van der Waals surface area contributed by atoms with E-state index in [0.29, 0.717) is 31.0 Å². The number of benzene rings is 2. The highest BCUT2D eigenvalue weighted by molar-refractivity contribution is 6.06. The fourth-order valence-corrected chi connectivity index (χ4v) is 4.00. The number of para-hydroxylation sites is 1. The van der Waals surface area contributed by atoms with Crippen LogP contribution in [0.25, 0.3) is 21.9 Å². The first-order valence-corrected chi connectivity index (χ1v) is 11.0. The van der Waals surface area contributed by atoms with E-state index in [2.05, 4.69) is 20.9 Å². The molecule has 32 heavy (non-hydrogen) atoms. The molecule has 0 saturated carbocycles. The molecule has 3 N–H and O–H groups in total. The summed E-state index contributed by atoms with van der Waals surface area (Å²) in [5.41, 5.74) is 9.61. The molecule has 1 amide bonds. The van der Waals surface area contributed by atoms with Crippen LogP contribution in [0.1, 0.15) is 35.4 Å². The van der Waals surface area contributed by atoms with Crippen LogP contribution in [0.2, 0.25) is 0 Å². The van der Waals surface area contributed by atoms with Gasteiger partial charge in [-0.3, -0.25) is 4.79 Å². The lowest BCUT2D eigenvalue weighted by Gasteiger charge is -2.11. The van der Waals surface area contributed by atoms with Crippen molar-refractivity contribution < 1.29 is 9.53 Å². The van der Waals surface area contributed by atoms with Crippen molar-refractivity contribution in [3.8, 4) is 0 Å². The molecule has 7 heteroatoms. The molecule has 0 radical (unpaired) electrons. The summed E-state index contributed by atoms with van der Waals surface area (Å²) in [5, 5.41) is 4.05. The molecular weight excluding hydrogens is 402 g/mol. The Hall–Kier alpha value is -3.45. The second-order valence-electron chi connectivity index (χ2n) is 7.82. The summed E-state index contributed by atoms with van der Waals surface area (Å²) in [6.07, 6.45) is 3.61. The molecule has 0 spiro atoms. The minimum absolute atomic E-state index is 0.0255. The maximum absolute atomic E-state index is 12.2. The maximum atomic E-state index is 12.2. The molecule has 2 heterocycles. The first-order chi connectivity index (χ1) is 15.7. The molecule has 0 atom stereocenters. The number of carbonyl (C=O) groups excluding carboxylic acids is 1. The first-order valence-electron chi connectivity index (χ1n) is 11.0. The smallest absolute Gasteiger partial charge is 0.251 e. The molecule has 0 bridgehead atoms. The van der Waals surface area contributed by atoms with Crippen molar-refractivity contribution in [2.24, 2.45) is 0 Å². The van der Waals surface area contributed by atoms with Gasteiger partial charge in [0.15, 0.2) is 5.82 Å². The van der Waals surface area contributed by atoms with E-state index >= 15 is 0 Å². The number of nitrogens with zero attached hydrogens (tertiary/aromatic N) is 3. The molecule has 2 aromatic heterocycles. The Morgan fingerprint density at radius 1 is 1.03 bits per heavy atom. The lowest BCUT2D eigenvalue weighted by Crippen LogP contribution is -2.24. The van der Waals surface area contributed by atoms with Crippen LogP contribution in [0.15, 0.2) is 54.6 Å². The van der Waals surface area contributed by atoms with Crippen LogP contribution in [-0.2, 0) is 17.7 Å². The van der Waals surface area contributed by atoms with Gasteiger partial charge in [0.1, 0.15) is 11.3 Å². The Kier molecular flexibility index (Phi) is 6.97. The Morgan fingerprint density at radius 2 is 1.81 bits per heavy atom. The number of carbonyl (C=O) groups is 1. The number of aryl methyl sites for hydroxylation is 1. The first kappa shape index (κ1) is 21.8. The number of nitrogens with two attached hydrogens (primary N) is 1. The molecular formula is C25H29N5O2. The molecule has 2 aromatic carbocycles. The number of amides is 1. The van der Waals surface area contributed by atoms with Crippen LogP contribution >= 0.6 is 0 Å². The molecule has 0 aliphatic heterocycles. The fraction of sp³-hybridized carbons (Fsp3) is 0.320. The number of fused-ring (bicyclic) bond motifs is 3. The predicted octanol–water partition coefficient (Wildman–Crippen LogP) is 3.96. The third kappa shape index (κ3) is 4.73. The molecule has 0 fully saturated rings. The number of nitrogens with one attached hydrogen (secondary N) is 1. The SMILES string of the molecule is COCCc1nc2c(N)nc3ccccc3c2n1CCCCCNC(=O)c1ccccc1. The molecule has 0 aliphatic carbocycles. The van der Waals surface area contributed by atoms with Crippen LogP contribution in [0, 0.1) is 0 Å². The minimum atomic E-state index is -0.0255. The Bertz CT molecular complexity index is 1200. The third-order valence-electron chi connectivity index (χ3n) is 5.60. The topological polar surface area (TPSA) is 95.1 Å². The van der Waals surface area contributed by atoms with Gasteiger partial charge in [0.25, 0.3) is 5.91 Å². The van der Waals surface area contributed by atoms with Crippen LogP contribution < -0.4 is 11.1 Å². The average Bonchev–Trinajstić information content (AvgIpc) is 3.19. The molecule has 166 valence electrons. The van der Waals surface area contributed by atoms with Gasteiger partial charge in [-0.25, -0.2) is 9.97 Å². The molecule has 7 nitrogen and oxygen atoms in total. The lowest BCUT2D eigenvalue weighted by molar-refractivity contribution is 0.0953. The largest absolute Gasteiger partial charge is 0.384 e. The second-order valence-corrected chi connectivity index (χ2v) is 7.82. The number of hydrogen-bond acceptors (Lipinski definition) is 5. The number of nitrogen functional groups attached to an aromatic ring is 1. The van der Waals surface area contributed by atoms with Gasteiger partial charge in [-0.2, -0.15) is 0 Å². The van der Waals surface area contributed by atoms with E-state index in [9.17, 15) is 4.79 Å². The molecule has 0 saturated heterocycles. The average molecular weight is 432 g/mol. The summed E-state index contributed by atoms with van der Waals surface area (Å²) < 4.78 is 7.55. The fourth-order valence-electron chi connectivity index (χ4n) is 4.00. The van der Waals surface area contributed by atoms with Crippen molar-refractivity contribution in [1.29, 1.82) is 0 Å². The number of imidazole rings is 1. The highest BCUT2D eigenvalue weighted by atomic mass is 16.5. The summed E-state index contributed by atoms with van der Waals surface area (Å²) in [6, 6.07) is 17.3. The van der Waals surface area contributed by atoms with Gasteiger partial charge in [-0.05, 0) is 37.5 Å². The normalized spacial score (nSPS) is 11.3.